The Kier molecular flexibility index (Phi) is 3.09. The maximum absolute atomic E-state index is 10.7. The van der Waals surface area contributed by atoms with Gasteiger partial charge in [0.1, 0.15) is 0 Å². The van der Waals surface area contributed by atoms with E-state index in [1.165, 1.54) is 4.68 Å². The van der Waals surface area contributed by atoms with Crippen molar-refractivity contribution in [2.45, 2.75) is 27.3 Å². The standard InChI is InChI=1S/C9H15N3O3/c1-6-7(8(14)15)10-11-12(6)4-9(2,3)5-13/h13H,4-5H2,1-3H3,(H,14,15). The number of nitrogens with zero attached hydrogens (tertiary/aromatic N) is 3. The molecular weight excluding hydrogens is 198 g/mol. The molecule has 1 rings (SSSR count). The average molecular weight is 213 g/mol. The number of hydrogen-bond donors (Lipinski definition) is 2. The molecule has 84 valence electrons. The molecule has 0 atom stereocenters. The molecule has 6 heteroatoms. The number of aromatic nitrogens is 3. The molecule has 1 aromatic heterocycles. The van der Waals surface area contributed by atoms with Crippen molar-refractivity contribution in [3.8, 4) is 0 Å². The first-order chi connectivity index (χ1) is 6.87. The second-order valence-corrected chi connectivity index (χ2v) is 4.31. The summed E-state index contributed by atoms with van der Waals surface area (Å²) in [5.74, 6) is -1.08. The highest BCUT2D eigenvalue weighted by molar-refractivity contribution is 5.86. The van der Waals surface area contributed by atoms with Crippen LogP contribution in [0.15, 0.2) is 0 Å². The summed E-state index contributed by atoms with van der Waals surface area (Å²) in [7, 11) is 0. The molecule has 0 saturated carbocycles. The van der Waals surface area contributed by atoms with Gasteiger partial charge in [0.2, 0.25) is 0 Å². The highest BCUT2D eigenvalue weighted by Crippen LogP contribution is 2.17. The molecule has 1 aromatic rings. The molecular formula is C9H15N3O3. The van der Waals surface area contributed by atoms with E-state index in [2.05, 4.69) is 10.3 Å². The predicted octanol–water partition coefficient (Wildman–Crippen LogP) is 0.303. The number of rotatable bonds is 4. The summed E-state index contributed by atoms with van der Waals surface area (Å²) in [6.45, 7) is 5.84. The molecule has 0 bridgehead atoms. The summed E-state index contributed by atoms with van der Waals surface area (Å²) >= 11 is 0. The van der Waals surface area contributed by atoms with E-state index in [4.69, 9.17) is 10.2 Å². The Morgan fingerprint density at radius 2 is 2.13 bits per heavy atom. The zero-order valence-electron chi connectivity index (χ0n) is 9.06. The van der Waals surface area contributed by atoms with Crippen LogP contribution in [0.1, 0.15) is 30.0 Å². The Balaban J connectivity index is 2.93. The lowest BCUT2D eigenvalue weighted by Crippen LogP contribution is -2.25. The summed E-state index contributed by atoms with van der Waals surface area (Å²) in [5.41, 5.74) is 0.126. The van der Waals surface area contributed by atoms with E-state index in [1.807, 2.05) is 13.8 Å². The van der Waals surface area contributed by atoms with Crippen LogP contribution < -0.4 is 0 Å². The number of aliphatic hydroxyl groups is 1. The lowest BCUT2D eigenvalue weighted by Gasteiger charge is -2.21. The smallest absolute Gasteiger partial charge is 0.358 e. The molecule has 0 aromatic carbocycles. The van der Waals surface area contributed by atoms with Crippen molar-refractivity contribution in [2.24, 2.45) is 5.41 Å². The maximum atomic E-state index is 10.7. The minimum atomic E-state index is -1.08. The van der Waals surface area contributed by atoms with Gasteiger partial charge in [-0.2, -0.15) is 0 Å². The van der Waals surface area contributed by atoms with Crippen molar-refractivity contribution in [3.05, 3.63) is 11.4 Å². The normalized spacial score (nSPS) is 11.7. The largest absolute Gasteiger partial charge is 0.476 e. The second kappa shape index (κ2) is 3.98. The third kappa shape index (κ3) is 2.53. The average Bonchev–Trinajstić information content (AvgIpc) is 2.48. The number of aliphatic hydroxyl groups excluding tert-OH is 1. The molecule has 0 spiro atoms. The van der Waals surface area contributed by atoms with Gasteiger partial charge in [0, 0.05) is 12.0 Å². The minimum absolute atomic E-state index is 0.00864. The van der Waals surface area contributed by atoms with Crippen molar-refractivity contribution >= 4 is 5.97 Å². The molecule has 0 unspecified atom stereocenters. The first-order valence-electron chi connectivity index (χ1n) is 4.61. The molecule has 0 radical (unpaired) electrons. The van der Waals surface area contributed by atoms with Gasteiger partial charge in [-0.1, -0.05) is 19.1 Å². The predicted molar refractivity (Wildman–Crippen MR) is 52.6 cm³/mol. The van der Waals surface area contributed by atoms with Gasteiger partial charge in [-0.25, -0.2) is 9.48 Å². The van der Waals surface area contributed by atoms with E-state index < -0.39 is 5.97 Å². The van der Waals surface area contributed by atoms with Crippen molar-refractivity contribution in [3.63, 3.8) is 0 Å². The van der Waals surface area contributed by atoms with E-state index in [0.29, 0.717) is 12.2 Å². The molecule has 0 aliphatic heterocycles. The lowest BCUT2D eigenvalue weighted by atomic mass is 9.95. The van der Waals surface area contributed by atoms with Crippen LogP contribution in [0.4, 0.5) is 0 Å². The summed E-state index contributed by atoms with van der Waals surface area (Å²) in [6, 6.07) is 0. The fraction of sp³-hybridized carbons (Fsp3) is 0.667. The van der Waals surface area contributed by atoms with Gasteiger partial charge in [0.25, 0.3) is 0 Å². The molecule has 0 saturated heterocycles. The number of aromatic carboxylic acids is 1. The molecule has 15 heavy (non-hydrogen) atoms. The SMILES string of the molecule is Cc1c(C(=O)O)nnn1CC(C)(C)CO. The van der Waals surface area contributed by atoms with Crippen LogP contribution in [0, 0.1) is 12.3 Å². The van der Waals surface area contributed by atoms with E-state index >= 15 is 0 Å². The molecule has 0 fully saturated rings. The molecule has 1 heterocycles. The van der Waals surface area contributed by atoms with Crippen LogP contribution in [0.5, 0.6) is 0 Å². The van der Waals surface area contributed by atoms with Crippen molar-refractivity contribution < 1.29 is 15.0 Å². The van der Waals surface area contributed by atoms with Crippen LogP contribution >= 0.6 is 0 Å². The zero-order chi connectivity index (χ0) is 11.6. The molecule has 6 nitrogen and oxygen atoms in total. The van der Waals surface area contributed by atoms with E-state index in [9.17, 15) is 4.79 Å². The summed E-state index contributed by atoms with van der Waals surface area (Å²) in [5, 5.41) is 25.2. The number of carboxylic acid groups (broad SMARTS) is 1. The van der Waals surface area contributed by atoms with Crippen LogP contribution in [0.2, 0.25) is 0 Å². The van der Waals surface area contributed by atoms with E-state index in [0.717, 1.165) is 0 Å². The number of hydrogen-bond acceptors (Lipinski definition) is 4. The Bertz CT molecular complexity index is 371. The monoisotopic (exact) mass is 213 g/mol. The van der Waals surface area contributed by atoms with Gasteiger partial charge >= 0.3 is 5.97 Å². The third-order valence-electron chi connectivity index (χ3n) is 2.19. The first kappa shape index (κ1) is 11.6. The van der Waals surface area contributed by atoms with Crippen LogP contribution in [-0.4, -0.2) is 37.8 Å². The maximum Gasteiger partial charge on any atom is 0.358 e. The topological polar surface area (TPSA) is 88.2 Å². The fourth-order valence-corrected chi connectivity index (χ4v) is 1.16. The number of carboxylic acids is 1. The Morgan fingerprint density at radius 3 is 2.53 bits per heavy atom. The van der Waals surface area contributed by atoms with Crippen molar-refractivity contribution in [1.29, 1.82) is 0 Å². The van der Waals surface area contributed by atoms with E-state index in [1.54, 1.807) is 6.92 Å². The highest BCUT2D eigenvalue weighted by Gasteiger charge is 2.22. The van der Waals surface area contributed by atoms with E-state index in [-0.39, 0.29) is 17.7 Å². The van der Waals surface area contributed by atoms with Crippen molar-refractivity contribution in [1.82, 2.24) is 15.0 Å². The zero-order valence-corrected chi connectivity index (χ0v) is 9.06. The van der Waals surface area contributed by atoms with Crippen LogP contribution in [0.25, 0.3) is 0 Å². The molecule has 0 amide bonds. The minimum Gasteiger partial charge on any atom is -0.476 e. The highest BCUT2D eigenvalue weighted by atomic mass is 16.4. The first-order valence-corrected chi connectivity index (χ1v) is 4.61. The van der Waals surface area contributed by atoms with Gasteiger partial charge in [-0.15, -0.1) is 5.10 Å². The quantitative estimate of drug-likeness (QED) is 0.751. The Hall–Kier alpha value is -1.43. The second-order valence-electron chi connectivity index (χ2n) is 4.31. The Labute approximate surface area is 87.5 Å². The van der Waals surface area contributed by atoms with Crippen LogP contribution in [-0.2, 0) is 6.54 Å². The van der Waals surface area contributed by atoms with Gasteiger partial charge in [-0.05, 0) is 6.92 Å². The van der Waals surface area contributed by atoms with Gasteiger partial charge in [-0.3, -0.25) is 0 Å². The van der Waals surface area contributed by atoms with Gasteiger partial charge in [0.05, 0.1) is 12.2 Å². The molecule has 0 aliphatic carbocycles. The molecule has 0 aliphatic rings. The van der Waals surface area contributed by atoms with Crippen LogP contribution in [0.3, 0.4) is 0 Å². The van der Waals surface area contributed by atoms with Crippen molar-refractivity contribution in [2.75, 3.05) is 6.61 Å². The summed E-state index contributed by atoms with van der Waals surface area (Å²) in [4.78, 5) is 10.7. The summed E-state index contributed by atoms with van der Waals surface area (Å²) < 4.78 is 1.50. The Morgan fingerprint density at radius 1 is 1.53 bits per heavy atom. The summed E-state index contributed by atoms with van der Waals surface area (Å²) in [6.07, 6.45) is 0. The van der Waals surface area contributed by atoms with Gasteiger partial charge in [0.15, 0.2) is 5.69 Å². The number of carbonyl (C=O) groups is 1. The fourth-order valence-electron chi connectivity index (χ4n) is 1.16. The lowest BCUT2D eigenvalue weighted by molar-refractivity contribution is 0.0689. The third-order valence-corrected chi connectivity index (χ3v) is 2.19. The molecule has 2 N–H and O–H groups in total. The van der Waals surface area contributed by atoms with Gasteiger partial charge < -0.3 is 10.2 Å².